The largest absolute Gasteiger partial charge is 0.472 e. The van der Waals surface area contributed by atoms with Crippen LogP contribution in [0, 0.1) is 6.92 Å². The van der Waals surface area contributed by atoms with Crippen molar-refractivity contribution in [3.05, 3.63) is 65.4 Å². The predicted octanol–water partition coefficient (Wildman–Crippen LogP) is 4.62. The highest BCUT2D eigenvalue weighted by atomic mass is 32.1. The van der Waals surface area contributed by atoms with Crippen molar-refractivity contribution >= 4 is 22.9 Å². The van der Waals surface area contributed by atoms with Crippen LogP contribution in [0.3, 0.4) is 0 Å². The van der Waals surface area contributed by atoms with E-state index in [0.717, 1.165) is 11.1 Å². The first-order valence-electron chi connectivity index (χ1n) is 7.53. The van der Waals surface area contributed by atoms with E-state index in [1.54, 1.807) is 12.1 Å². The first-order chi connectivity index (χ1) is 12.2. The van der Waals surface area contributed by atoms with Gasteiger partial charge in [0.15, 0.2) is 0 Å². The van der Waals surface area contributed by atoms with E-state index in [1.807, 2.05) is 36.6 Å². The SMILES string of the molecule is Cc1cccc(-c2noc(-c3sccc3NC(=O)c3ccoc3)n2)c1. The molecule has 4 aromatic rings. The molecule has 0 spiro atoms. The number of nitrogens with zero attached hydrogens (tertiary/aromatic N) is 2. The maximum atomic E-state index is 12.2. The average molecular weight is 351 g/mol. The third kappa shape index (κ3) is 3.09. The summed E-state index contributed by atoms with van der Waals surface area (Å²) in [5, 5.41) is 8.74. The van der Waals surface area contributed by atoms with Crippen LogP contribution in [0.4, 0.5) is 5.69 Å². The zero-order valence-corrected chi connectivity index (χ0v) is 14.0. The van der Waals surface area contributed by atoms with Crippen molar-refractivity contribution in [3.8, 4) is 22.2 Å². The van der Waals surface area contributed by atoms with Gasteiger partial charge in [0, 0.05) is 5.56 Å². The molecule has 0 aliphatic rings. The van der Waals surface area contributed by atoms with E-state index in [4.69, 9.17) is 8.94 Å². The third-order valence-corrected chi connectivity index (χ3v) is 4.50. The van der Waals surface area contributed by atoms with Gasteiger partial charge in [-0.25, -0.2) is 0 Å². The standard InChI is InChI=1S/C18H13N3O3S/c1-11-3-2-4-12(9-11)16-20-18(24-21-16)15-14(6-8-25-15)19-17(22)13-5-7-23-10-13/h2-10H,1H3,(H,19,22). The van der Waals surface area contributed by atoms with E-state index < -0.39 is 0 Å². The molecular weight excluding hydrogens is 338 g/mol. The lowest BCUT2D eigenvalue weighted by atomic mass is 10.1. The number of hydrogen-bond donors (Lipinski definition) is 1. The van der Waals surface area contributed by atoms with Gasteiger partial charge in [-0.2, -0.15) is 4.98 Å². The molecule has 1 amide bonds. The first kappa shape index (κ1) is 15.3. The van der Waals surface area contributed by atoms with E-state index >= 15 is 0 Å². The molecule has 0 saturated heterocycles. The van der Waals surface area contributed by atoms with Crippen LogP contribution < -0.4 is 5.32 Å². The van der Waals surface area contributed by atoms with Crippen LogP contribution in [0.15, 0.2) is 63.2 Å². The summed E-state index contributed by atoms with van der Waals surface area (Å²) in [6.45, 7) is 2.01. The second-order valence-electron chi connectivity index (χ2n) is 5.42. The van der Waals surface area contributed by atoms with E-state index in [-0.39, 0.29) is 5.91 Å². The van der Waals surface area contributed by atoms with E-state index in [2.05, 4.69) is 15.5 Å². The van der Waals surface area contributed by atoms with Crippen LogP contribution in [-0.2, 0) is 0 Å². The van der Waals surface area contributed by atoms with Crippen molar-refractivity contribution < 1.29 is 13.7 Å². The molecule has 1 N–H and O–H groups in total. The lowest BCUT2D eigenvalue weighted by Crippen LogP contribution is -2.10. The Balaban J connectivity index is 1.61. The molecule has 0 aliphatic heterocycles. The highest BCUT2D eigenvalue weighted by molar-refractivity contribution is 7.14. The number of rotatable bonds is 4. The fourth-order valence-electron chi connectivity index (χ4n) is 2.38. The number of nitrogens with one attached hydrogen (secondary N) is 1. The van der Waals surface area contributed by atoms with Crippen LogP contribution in [0.2, 0.25) is 0 Å². The van der Waals surface area contributed by atoms with Gasteiger partial charge >= 0.3 is 0 Å². The Bertz CT molecular complexity index is 1020. The number of anilines is 1. The molecule has 0 fully saturated rings. The van der Waals surface area contributed by atoms with Gasteiger partial charge in [0.2, 0.25) is 5.82 Å². The fraction of sp³-hybridized carbons (Fsp3) is 0.0556. The summed E-state index contributed by atoms with van der Waals surface area (Å²) in [5.41, 5.74) is 3.07. The Kier molecular flexibility index (Phi) is 3.91. The fourth-order valence-corrected chi connectivity index (χ4v) is 3.15. The lowest BCUT2D eigenvalue weighted by Gasteiger charge is -2.02. The van der Waals surface area contributed by atoms with E-state index in [9.17, 15) is 4.79 Å². The Morgan fingerprint density at radius 1 is 1.24 bits per heavy atom. The molecular formula is C18H13N3O3S. The van der Waals surface area contributed by atoms with Crippen molar-refractivity contribution in [2.75, 3.05) is 5.32 Å². The number of hydrogen-bond acceptors (Lipinski definition) is 6. The highest BCUT2D eigenvalue weighted by Gasteiger charge is 2.18. The molecule has 6 nitrogen and oxygen atoms in total. The number of amides is 1. The molecule has 4 rings (SSSR count). The molecule has 3 heterocycles. The van der Waals surface area contributed by atoms with E-state index in [1.165, 1.54) is 23.9 Å². The monoisotopic (exact) mass is 351 g/mol. The summed E-state index contributed by atoms with van der Waals surface area (Å²) >= 11 is 1.42. The number of thiophene rings is 1. The Morgan fingerprint density at radius 3 is 2.96 bits per heavy atom. The maximum absolute atomic E-state index is 12.2. The number of aromatic nitrogens is 2. The number of aryl methyl sites for hydroxylation is 1. The van der Waals surface area contributed by atoms with Crippen LogP contribution in [0.5, 0.6) is 0 Å². The minimum atomic E-state index is -0.258. The van der Waals surface area contributed by atoms with Gasteiger partial charge in [-0.15, -0.1) is 11.3 Å². The molecule has 0 bridgehead atoms. The van der Waals surface area contributed by atoms with Gasteiger partial charge in [0.05, 0.1) is 17.5 Å². The number of carbonyl (C=O) groups is 1. The molecule has 0 radical (unpaired) electrons. The second-order valence-corrected chi connectivity index (χ2v) is 6.34. The third-order valence-electron chi connectivity index (χ3n) is 3.59. The maximum Gasteiger partial charge on any atom is 0.270 e. The summed E-state index contributed by atoms with van der Waals surface area (Å²) < 4.78 is 10.3. The summed E-state index contributed by atoms with van der Waals surface area (Å²) in [6.07, 6.45) is 2.85. The molecule has 0 unspecified atom stereocenters. The van der Waals surface area contributed by atoms with Crippen LogP contribution in [-0.4, -0.2) is 16.0 Å². The minimum absolute atomic E-state index is 0.258. The zero-order valence-electron chi connectivity index (χ0n) is 13.2. The quantitative estimate of drug-likeness (QED) is 0.580. The average Bonchev–Trinajstić information content (AvgIpc) is 3.36. The van der Waals surface area contributed by atoms with Crippen LogP contribution in [0.25, 0.3) is 22.2 Å². The second kappa shape index (κ2) is 6.37. The Labute approximate surface area is 147 Å². The molecule has 1 aromatic carbocycles. The smallest absolute Gasteiger partial charge is 0.270 e. The van der Waals surface area contributed by atoms with Crippen LogP contribution in [0.1, 0.15) is 15.9 Å². The van der Waals surface area contributed by atoms with Crippen molar-refractivity contribution in [2.45, 2.75) is 6.92 Å². The predicted molar refractivity (Wildman–Crippen MR) is 94.4 cm³/mol. The molecule has 25 heavy (non-hydrogen) atoms. The topological polar surface area (TPSA) is 81.2 Å². The molecule has 0 atom stereocenters. The van der Waals surface area contributed by atoms with Crippen molar-refractivity contribution in [2.24, 2.45) is 0 Å². The zero-order chi connectivity index (χ0) is 17.2. The lowest BCUT2D eigenvalue weighted by molar-refractivity contribution is 0.102. The summed E-state index contributed by atoms with van der Waals surface area (Å²) in [5.74, 6) is 0.625. The van der Waals surface area contributed by atoms with E-state index in [0.29, 0.717) is 27.8 Å². The number of carbonyl (C=O) groups excluding carboxylic acids is 1. The van der Waals surface area contributed by atoms with Gasteiger partial charge in [-0.05, 0) is 30.5 Å². The first-order valence-corrected chi connectivity index (χ1v) is 8.41. The molecule has 3 aromatic heterocycles. The normalized spacial score (nSPS) is 10.8. The summed E-state index contributed by atoms with van der Waals surface area (Å²) in [6, 6.07) is 11.3. The Hall–Kier alpha value is -3.19. The van der Waals surface area contributed by atoms with Crippen molar-refractivity contribution in [1.29, 1.82) is 0 Å². The van der Waals surface area contributed by atoms with Gasteiger partial charge < -0.3 is 14.3 Å². The molecule has 7 heteroatoms. The summed E-state index contributed by atoms with van der Waals surface area (Å²) in [7, 11) is 0. The molecule has 0 aliphatic carbocycles. The number of benzene rings is 1. The van der Waals surface area contributed by atoms with Gasteiger partial charge in [0.1, 0.15) is 11.1 Å². The van der Waals surface area contributed by atoms with Gasteiger partial charge in [0.25, 0.3) is 11.8 Å². The molecule has 124 valence electrons. The van der Waals surface area contributed by atoms with Crippen molar-refractivity contribution in [3.63, 3.8) is 0 Å². The minimum Gasteiger partial charge on any atom is -0.472 e. The highest BCUT2D eigenvalue weighted by Crippen LogP contribution is 2.34. The van der Waals surface area contributed by atoms with Crippen molar-refractivity contribution in [1.82, 2.24) is 10.1 Å². The van der Waals surface area contributed by atoms with Gasteiger partial charge in [-0.1, -0.05) is 28.9 Å². The molecule has 0 saturated carbocycles. The van der Waals surface area contributed by atoms with Gasteiger partial charge in [-0.3, -0.25) is 4.79 Å². The summed E-state index contributed by atoms with van der Waals surface area (Å²) in [4.78, 5) is 17.4. The Morgan fingerprint density at radius 2 is 2.16 bits per heavy atom. The number of furan rings is 1. The van der Waals surface area contributed by atoms with Crippen LogP contribution >= 0.6 is 11.3 Å².